The summed E-state index contributed by atoms with van der Waals surface area (Å²) in [4.78, 5) is 11.9. The Morgan fingerprint density at radius 1 is 1.04 bits per heavy atom. The summed E-state index contributed by atoms with van der Waals surface area (Å²) in [7, 11) is -3.31. The predicted octanol–water partition coefficient (Wildman–Crippen LogP) is 2.57. The highest BCUT2D eigenvalue weighted by molar-refractivity contribution is 7.88. The van der Waals surface area contributed by atoms with E-state index in [4.69, 9.17) is 0 Å². The van der Waals surface area contributed by atoms with Gasteiger partial charge in [-0.1, -0.05) is 38.1 Å². The molecule has 0 unspecified atom stereocenters. The lowest BCUT2D eigenvalue weighted by molar-refractivity contribution is -0.125. The second-order valence-electron chi connectivity index (χ2n) is 6.08. The molecule has 0 atom stereocenters. The molecule has 0 saturated heterocycles. The van der Waals surface area contributed by atoms with Gasteiger partial charge in [-0.15, -0.1) is 0 Å². The summed E-state index contributed by atoms with van der Waals surface area (Å²) in [6, 6.07) is 7.18. The molecule has 6 heteroatoms. The van der Waals surface area contributed by atoms with Gasteiger partial charge in [-0.3, -0.25) is 4.79 Å². The minimum atomic E-state index is -3.31. The van der Waals surface area contributed by atoms with Crippen molar-refractivity contribution in [1.82, 2.24) is 10.0 Å². The molecular weight excluding hydrogens is 312 g/mol. The minimum absolute atomic E-state index is 0.0361. The van der Waals surface area contributed by atoms with Gasteiger partial charge in [0.15, 0.2) is 0 Å². The second kappa shape index (κ2) is 9.03. The quantitative estimate of drug-likeness (QED) is 0.725. The zero-order valence-electron chi connectivity index (χ0n) is 14.4. The van der Waals surface area contributed by atoms with E-state index in [9.17, 15) is 13.2 Å². The van der Waals surface area contributed by atoms with E-state index in [-0.39, 0.29) is 23.6 Å². The monoisotopic (exact) mass is 340 g/mol. The summed E-state index contributed by atoms with van der Waals surface area (Å²) in [5.74, 6) is 0.0928. The molecule has 1 rings (SSSR count). The Hall–Kier alpha value is -1.40. The number of hydrogen-bond acceptors (Lipinski definition) is 3. The zero-order chi connectivity index (χ0) is 17.5. The normalized spacial score (nSPS) is 11.9. The maximum Gasteiger partial charge on any atom is 0.223 e. The standard InChI is InChI=1S/C17H28N2O3S/c1-5-16(6-2)17(20)18-11-14-7-9-15(10-8-14)12-23(21,22)19-13(3)4/h7-10,13,16,19H,5-6,11-12H2,1-4H3,(H,18,20). The van der Waals surface area contributed by atoms with Crippen LogP contribution in [0.1, 0.15) is 51.7 Å². The summed E-state index contributed by atoms with van der Waals surface area (Å²) in [6.45, 7) is 8.07. The third kappa shape index (κ3) is 7.14. The van der Waals surface area contributed by atoms with E-state index in [1.54, 1.807) is 26.0 Å². The highest BCUT2D eigenvalue weighted by atomic mass is 32.2. The van der Waals surface area contributed by atoms with Crippen molar-refractivity contribution in [1.29, 1.82) is 0 Å². The third-order valence-corrected chi connectivity index (χ3v) is 5.16. The molecule has 0 heterocycles. The molecule has 2 N–H and O–H groups in total. The summed E-state index contributed by atoms with van der Waals surface area (Å²) < 4.78 is 26.3. The molecule has 0 aliphatic rings. The van der Waals surface area contributed by atoms with Crippen molar-refractivity contribution in [3.63, 3.8) is 0 Å². The van der Waals surface area contributed by atoms with Gasteiger partial charge in [0.25, 0.3) is 0 Å². The van der Waals surface area contributed by atoms with Crippen LogP contribution in [-0.4, -0.2) is 20.4 Å². The van der Waals surface area contributed by atoms with E-state index in [0.717, 1.165) is 24.0 Å². The first kappa shape index (κ1) is 19.6. The summed E-state index contributed by atoms with van der Waals surface area (Å²) in [5, 5.41) is 2.93. The number of carbonyl (C=O) groups is 1. The highest BCUT2D eigenvalue weighted by Crippen LogP contribution is 2.10. The molecule has 130 valence electrons. The van der Waals surface area contributed by atoms with Crippen LogP contribution in [0.3, 0.4) is 0 Å². The Morgan fingerprint density at radius 2 is 1.57 bits per heavy atom. The fourth-order valence-corrected chi connectivity index (χ4v) is 3.80. The van der Waals surface area contributed by atoms with Crippen LogP contribution in [-0.2, 0) is 27.1 Å². The molecule has 0 fully saturated rings. The molecule has 1 amide bonds. The maximum atomic E-state index is 11.9. The van der Waals surface area contributed by atoms with Gasteiger partial charge in [-0.25, -0.2) is 13.1 Å². The van der Waals surface area contributed by atoms with Gasteiger partial charge in [0.1, 0.15) is 0 Å². The van der Waals surface area contributed by atoms with Crippen molar-refractivity contribution < 1.29 is 13.2 Å². The lowest BCUT2D eigenvalue weighted by Crippen LogP contribution is -2.31. The van der Waals surface area contributed by atoms with E-state index in [0.29, 0.717) is 6.54 Å². The van der Waals surface area contributed by atoms with Crippen LogP contribution >= 0.6 is 0 Å². The summed E-state index contributed by atoms with van der Waals surface area (Å²) in [6.07, 6.45) is 1.67. The molecule has 0 aromatic heterocycles. The molecular formula is C17H28N2O3S. The van der Waals surface area contributed by atoms with Crippen molar-refractivity contribution in [2.24, 2.45) is 5.92 Å². The first-order valence-electron chi connectivity index (χ1n) is 8.13. The number of carbonyl (C=O) groups excluding carboxylic acids is 1. The van der Waals surface area contributed by atoms with Crippen molar-refractivity contribution in [3.05, 3.63) is 35.4 Å². The van der Waals surface area contributed by atoms with E-state index < -0.39 is 10.0 Å². The van der Waals surface area contributed by atoms with Crippen LogP contribution < -0.4 is 10.0 Å². The van der Waals surface area contributed by atoms with Gasteiger partial charge >= 0.3 is 0 Å². The Labute approximate surface area is 139 Å². The maximum absolute atomic E-state index is 11.9. The lowest BCUT2D eigenvalue weighted by Gasteiger charge is -2.13. The van der Waals surface area contributed by atoms with E-state index in [2.05, 4.69) is 10.0 Å². The van der Waals surface area contributed by atoms with Gasteiger partial charge in [0.05, 0.1) is 5.75 Å². The van der Waals surface area contributed by atoms with Crippen LogP contribution in [0.4, 0.5) is 0 Å². The molecule has 0 aliphatic carbocycles. The van der Waals surface area contributed by atoms with Crippen molar-refractivity contribution in [2.45, 2.75) is 58.9 Å². The van der Waals surface area contributed by atoms with E-state index >= 15 is 0 Å². The van der Waals surface area contributed by atoms with Crippen molar-refractivity contribution in [2.75, 3.05) is 0 Å². The fourth-order valence-electron chi connectivity index (χ4n) is 2.37. The second-order valence-corrected chi connectivity index (χ2v) is 7.83. The number of rotatable bonds is 9. The number of hydrogen-bond donors (Lipinski definition) is 2. The SMILES string of the molecule is CCC(CC)C(=O)NCc1ccc(CS(=O)(=O)NC(C)C)cc1. The minimum Gasteiger partial charge on any atom is -0.352 e. The van der Waals surface area contributed by atoms with E-state index in [1.165, 1.54) is 0 Å². The zero-order valence-corrected chi connectivity index (χ0v) is 15.2. The topological polar surface area (TPSA) is 75.3 Å². The van der Waals surface area contributed by atoms with Crippen LogP contribution in [0.15, 0.2) is 24.3 Å². The van der Waals surface area contributed by atoms with Gasteiger partial charge < -0.3 is 5.32 Å². The van der Waals surface area contributed by atoms with Gasteiger partial charge in [-0.05, 0) is 37.8 Å². The average Bonchev–Trinajstić information content (AvgIpc) is 2.46. The highest BCUT2D eigenvalue weighted by Gasteiger charge is 2.14. The molecule has 0 radical (unpaired) electrons. The first-order valence-corrected chi connectivity index (χ1v) is 9.78. The molecule has 0 spiro atoms. The van der Waals surface area contributed by atoms with Gasteiger partial charge in [0, 0.05) is 18.5 Å². The Balaban J connectivity index is 2.59. The molecule has 5 nitrogen and oxygen atoms in total. The van der Waals surface area contributed by atoms with Crippen LogP contribution in [0.2, 0.25) is 0 Å². The Bertz CT molecular complexity index is 591. The smallest absolute Gasteiger partial charge is 0.223 e. The largest absolute Gasteiger partial charge is 0.352 e. The number of benzene rings is 1. The number of nitrogens with one attached hydrogen (secondary N) is 2. The van der Waals surface area contributed by atoms with Gasteiger partial charge in [0.2, 0.25) is 15.9 Å². The Kier molecular flexibility index (Phi) is 7.72. The van der Waals surface area contributed by atoms with E-state index in [1.807, 2.05) is 26.0 Å². The summed E-state index contributed by atoms with van der Waals surface area (Å²) >= 11 is 0. The molecule has 1 aromatic rings. The van der Waals surface area contributed by atoms with Crippen LogP contribution in [0.5, 0.6) is 0 Å². The van der Waals surface area contributed by atoms with Crippen molar-refractivity contribution in [3.8, 4) is 0 Å². The summed E-state index contributed by atoms with van der Waals surface area (Å²) in [5.41, 5.74) is 1.69. The molecule has 0 saturated carbocycles. The lowest BCUT2D eigenvalue weighted by atomic mass is 10.0. The third-order valence-electron chi connectivity index (χ3n) is 3.62. The van der Waals surface area contributed by atoms with Crippen LogP contribution in [0.25, 0.3) is 0 Å². The van der Waals surface area contributed by atoms with Gasteiger partial charge in [-0.2, -0.15) is 0 Å². The molecule has 0 bridgehead atoms. The first-order chi connectivity index (χ1) is 10.8. The molecule has 1 aromatic carbocycles. The fraction of sp³-hybridized carbons (Fsp3) is 0.588. The van der Waals surface area contributed by atoms with Crippen LogP contribution in [0, 0.1) is 5.92 Å². The number of amides is 1. The molecule has 23 heavy (non-hydrogen) atoms. The molecule has 0 aliphatic heterocycles. The Morgan fingerprint density at radius 3 is 2.04 bits per heavy atom. The van der Waals surface area contributed by atoms with Crippen molar-refractivity contribution >= 4 is 15.9 Å². The number of sulfonamides is 1. The average molecular weight is 340 g/mol. The predicted molar refractivity (Wildman–Crippen MR) is 93.3 cm³/mol.